The molecule has 4 nitrogen and oxygen atoms in total. The van der Waals surface area contributed by atoms with Gasteiger partial charge in [0.05, 0.1) is 0 Å². The van der Waals surface area contributed by atoms with E-state index < -0.39 is 24.7 Å². The Hall–Kier alpha value is -1.79. The number of anilines is 1. The summed E-state index contributed by atoms with van der Waals surface area (Å²) in [5, 5.41) is 8.95. The summed E-state index contributed by atoms with van der Waals surface area (Å²) in [6.07, 6.45) is -3.15. The van der Waals surface area contributed by atoms with Crippen molar-refractivity contribution in [1.29, 1.82) is 0 Å². The monoisotopic (exact) mass is 262 g/mol. The van der Waals surface area contributed by atoms with Crippen LogP contribution in [-0.2, 0) is 0 Å². The summed E-state index contributed by atoms with van der Waals surface area (Å²) in [5.41, 5.74) is -0.240. The van der Waals surface area contributed by atoms with Gasteiger partial charge in [0.2, 0.25) is 0 Å². The molecule has 0 aliphatic carbocycles. The molecule has 0 radical (unpaired) electrons. The van der Waals surface area contributed by atoms with Crippen LogP contribution < -0.4 is 4.90 Å². The highest BCUT2D eigenvalue weighted by Gasteiger charge is 2.33. The molecule has 7 heteroatoms. The summed E-state index contributed by atoms with van der Waals surface area (Å²) >= 11 is 0. The molecule has 1 aromatic rings. The van der Waals surface area contributed by atoms with Gasteiger partial charge in [-0.2, -0.15) is 13.2 Å². The number of carboxylic acid groups (broad SMARTS) is 1. The van der Waals surface area contributed by atoms with E-state index in [0.29, 0.717) is 0 Å². The molecule has 0 atom stereocenters. The third kappa shape index (κ3) is 3.61. The van der Waals surface area contributed by atoms with Crippen molar-refractivity contribution in [2.24, 2.45) is 0 Å². The molecule has 0 amide bonds. The first kappa shape index (κ1) is 14.3. The minimum absolute atomic E-state index is 0.169. The molecule has 1 aromatic heterocycles. The lowest BCUT2D eigenvalue weighted by atomic mass is 10.2. The zero-order chi connectivity index (χ0) is 13.9. The molecule has 0 saturated heterocycles. The van der Waals surface area contributed by atoms with Crippen molar-refractivity contribution in [3.8, 4) is 0 Å². The topological polar surface area (TPSA) is 53.4 Å². The first-order chi connectivity index (χ1) is 8.22. The number of carbonyl (C=O) groups is 1. The zero-order valence-corrected chi connectivity index (χ0v) is 9.90. The Balaban J connectivity index is 3.18. The summed E-state index contributed by atoms with van der Waals surface area (Å²) in [4.78, 5) is 15.6. The third-order valence-electron chi connectivity index (χ3n) is 2.26. The molecule has 1 rings (SSSR count). The van der Waals surface area contributed by atoms with Crippen LogP contribution in [0.25, 0.3) is 0 Å². The van der Waals surface area contributed by atoms with Gasteiger partial charge in [-0.3, -0.25) is 0 Å². The molecule has 0 aliphatic heterocycles. The highest BCUT2D eigenvalue weighted by molar-refractivity contribution is 5.93. The molecule has 1 heterocycles. The van der Waals surface area contributed by atoms with Crippen LogP contribution >= 0.6 is 0 Å². The average molecular weight is 262 g/mol. The Labute approximate surface area is 102 Å². The van der Waals surface area contributed by atoms with Gasteiger partial charge in [0.15, 0.2) is 0 Å². The molecule has 100 valence electrons. The van der Waals surface area contributed by atoms with Gasteiger partial charge in [0.1, 0.15) is 17.9 Å². The van der Waals surface area contributed by atoms with Crippen molar-refractivity contribution < 1.29 is 23.1 Å². The van der Waals surface area contributed by atoms with E-state index in [4.69, 9.17) is 5.11 Å². The predicted octanol–water partition coefficient (Wildman–Crippen LogP) is 2.56. The van der Waals surface area contributed by atoms with E-state index in [9.17, 15) is 18.0 Å². The fraction of sp³-hybridized carbons (Fsp3) is 0.455. The lowest BCUT2D eigenvalue weighted by Gasteiger charge is -2.29. The van der Waals surface area contributed by atoms with Crippen LogP contribution in [-0.4, -0.2) is 34.8 Å². The summed E-state index contributed by atoms with van der Waals surface area (Å²) in [6.45, 7) is 1.86. The lowest BCUT2D eigenvalue weighted by molar-refractivity contribution is -0.120. The standard InChI is InChI=1S/C11H13F3N2O2/c1-7(2)16(6-11(12,13)14)9-8(10(17)18)4-3-5-15-9/h3-5,7H,6H2,1-2H3,(H,17,18). The fourth-order valence-electron chi connectivity index (χ4n) is 1.49. The van der Waals surface area contributed by atoms with Crippen LogP contribution in [0.15, 0.2) is 18.3 Å². The molecule has 0 aliphatic rings. The van der Waals surface area contributed by atoms with Crippen molar-refractivity contribution in [3.63, 3.8) is 0 Å². The Morgan fingerprint density at radius 1 is 1.50 bits per heavy atom. The quantitative estimate of drug-likeness (QED) is 0.906. The highest BCUT2D eigenvalue weighted by Crippen LogP contribution is 2.25. The maximum Gasteiger partial charge on any atom is 0.405 e. The number of carboxylic acids is 1. The summed E-state index contributed by atoms with van der Waals surface area (Å²) in [5.74, 6) is -1.47. The van der Waals surface area contributed by atoms with Crippen LogP contribution in [0.4, 0.5) is 19.0 Å². The van der Waals surface area contributed by atoms with Crippen molar-refractivity contribution in [3.05, 3.63) is 23.9 Å². The summed E-state index contributed by atoms with van der Waals surface area (Å²) < 4.78 is 37.4. The molecular formula is C11H13F3N2O2. The number of aromatic nitrogens is 1. The molecule has 1 N–H and O–H groups in total. The Morgan fingerprint density at radius 3 is 2.56 bits per heavy atom. The van der Waals surface area contributed by atoms with E-state index >= 15 is 0 Å². The smallest absolute Gasteiger partial charge is 0.405 e. The van der Waals surface area contributed by atoms with E-state index in [1.807, 2.05) is 0 Å². The Morgan fingerprint density at radius 2 is 2.11 bits per heavy atom. The van der Waals surface area contributed by atoms with Crippen molar-refractivity contribution >= 4 is 11.8 Å². The first-order valence-electron chi connectivity index (χ1n) is 5.24. The molecule has 0 aromatic carbocycles. The molecular weight excluding hydrogens is 249 g/mol. The molecule has 0 fully saturated rings. The zero-order valence-electron chi connectivity index (χ0n) is 9.90. The third-order valence-corrected chi connectivity index (χ3v) is 2.26. The van der Waals surface area contributed by atoms with Gasteiger partial charge >= 0.3 is 12.1 Å². The minimum Gasteiger partial charge on any atom is -0.478 e. The van der Waals surface area contributed by atoms with Gasteiger partial charge in [-0.05, 0) is 26.0 Å². The van der Waals surface area contributed by atoms with Crippen molar-refractivity contribution in [1.82, 2.24) is 4.98 Å². The van der Waals surface area contributed by atoms with E-state index in [1.165, 1.54) is 18.3 Å². The second-order valence-corrected chi connectivity index (χ2v) is 4.02. The van der Waals surface area contributed by atoms with Crippen molar-refractivity contribution in [2.45, 2.75) is 26.1 Å². The van der Waals surface area contributed by atoms with Gasteiger partial charge in [-0.1, -0.05) is 0 Å². The van der Waals surface area contributed by atoms with Crippen LogP contribution in [0.1, 0.15) is 24.2 Å². The van der Waals surface area contributed by atoms with Crippen LogP contribution in [0.3, 0.4) is 0 Å². The van der Waals surface area contributed by atoms with E-state index in [1.54, 1.807) is 13.8 Å². The van der Waals surface area contributed by atoms with Crippen LogP contribution in [0.2, 0.25) is 0 Å². The summed E-state index contributed by atoms with van der Waals surface area (Å²) in [7, 11) is 0. The number of alkyl halides is 3. The molecule has 0 bridgehead atoms. The highest BCUT2D eigenvalue weighted by atomic mass is 19.4. The van der Waals surface area contributed by atoms with E-state index in [0.717, 1.165) is 4.90 Å². The predicted molar refractivity (Wildman–Crippen MR) is 59.7 cm³/mol. The second kappa shape index (κ2) is 5.24. The maximum atomic E-state index is 12.5. The molecule has 0 saturated carbocycles. The van der Waals surface area contributed by atoms with Gasteiger partial charge in [0.25, 0.3) is 0 Å². The SMILES string of the molecule is CC(C)N(CC(F)(F)F)c1ncccc1C(=O)O. The largest absolute Gasteiger partial charge is 0.478 e. The molecule has 0 spiro atoms. The lowest BCUT2D eigenvalue weighted by Crippen LogP contribution is -2.40. The number of hydrogen-bond donors (Lipinski definition) is 1. The number of rotatable bonds is 4. The maximum absolute atomic E-state index is 12.5. The normalized spacial score (nSPS) is 11.7. The van der Waals surface area contributed by atoms with Gasteiger partial charge in [-0.25, -0.2) is 9.78 Å². The number of pyridine rings is 1. The van der Waals surface area contributed by atoms with Crippen molar-refractivity contribution in [2.75, 3.05) is 11.4 Å². The Bertz CT molecular complexity index is 433. The number of halogens is 3. The molecule has 0 unspecified atom stereocenters. The first-order valence-corrected chi connectivity index (χ1v) is 5.24. The molecule has 18 heavy (non-hydrogen) atoms. The fourth-order valence-corrected chi connectivity index (χ4v) is 1.49. The number of hydrogen-bond acceptors (Lipinski definition) is 3. The van der Waals surface area contributed by atoms with Gasteiger partial charge in [0, 0.05) is 12.2 Å². The number of aromatic carboxylic acids is 1. The minimum atomic E-state index is -4.42. The Kier molecular flexibility index (Phi) is 4.15. The van der Waals surface area contributed by atoms with E-state index in [-0.39, 0.29) is 11.4 Å². The van der Waals surface area contributed by atoms with Gasteiger partial charge in [-0.15, -0.1) is 0 Å². The average Bonchev–Trinajstić information content (AvgIpc) is 2.24. The van der Waals surface area contributed by atoms with Crippen LogP contribution in [0.5, 0.6) is 0 Å². The summed E-state index contributed by atoms with van der Waals surface area (Å²) in [6, 6.07) is 2.09. The second-order valence-electron chi connectivity index (χ2n) is 4.02. The number of nitrogens with zero attached hydrogens (tertiary/aromatic N) is 2. The van der Waals surface area contributed by atoms with Crippen LogP contribution in [0, 0.1) is 0 Å². The van der Waals surface area contributed by atoms with E-state index in [2.05, 4.69) is 4.98 Å². The van der Waals surface area contributed by atoms with Gasteiger partial charge < -0.3 is 10.0 Å².